The first-order valence-electron chi connectivity index (χ1n) is 8.05. The van der Waals surface area contributed by atoms with E-state index in [9.17, 15) is 4.79 Å². The van der Waals surface area contributed by atoms with Crippen LogP contribution in [0.5, 0.6) is 0 Å². The van der Waals surface area contributed by atoms with Gasteiger partial charge in [0, 0.05) is 19.1 Å². The summed E-state index contributed by atoms with van der Waals surface area (Å²) in [6.45, 7) is 4.94. The maximum atomic E-state index is 12.4. The highest BCUT2D eigenvalue weighted by atomic mass is 16.5. The van der Waals surface area contributed by atoms with Gasteiger partial charge in [-0.2, -0.15) is 0 Å². The Morgan fingerprint density at radius 1 is 1.30 bits per heavy atom. The Balaban J connectivity index is 2.10. The van der Waals surface area contributed by atoms with Gasteiger partial charge in [-0.25, -0.2) is 0 Å². The van der Waals surface area contributed by atoms with Crippen LogP contribution in [0.3, 0.4) is 0 Å². The van der Waals surface area contributed by atoms with E-state index in [4.69, 9.17) is 9.47 Å². The number of ether oxygens (including phenoxy) is 2. The third-order valence-corrected chi connectivity index (χ3v) is 4.82. The number of carbonyl (C=O) groups is 1. The molecule has 0 aromatic heterocycles. The molecule has 1 heterocycles. The van der Waals surface area contributed by atoms with Crippen molar-refractivity contribution in [2.75, 3.05) is 13.7 Å². The van der Waals surface area contributed by atoms with Crippen LogP contribution >= 0.6 is 0 Å². The minimum Gasteiger partial charge on any atom is -0.468 e. The van der Waals surface area contributed by atoms with Crippen molar-refractivity contribution in [3.63, 3.8) is 0 Å². The molecule has 4 nitrogen and oxygen atoms in total. The summed E-state index contributed by atoms with van der Waals surface area (Å²) >= 11 is 0. The van der Waals surface area contributed by atoms with Gasteiger partial charge >= 0.3 is 5.97 Å². The summed E-state index contributed by atoms with van der Waals surface area (Å²) in [5, 5.41) is 3.65. The van der Waals surface area contributed by atoms with Gasteiger partial charge in [0.1, 0.15) is 5.54 Å². The number of carbonyl (C=O) groups excluding carboxylic acids is 1. The van der Waals surface area contributed by atoms with E-state index in [2.05, 4.69) is 19.2 Å². The number of methoxy groups -OCH3 is 1. The SMILES string of the molecule is COC(=O)C1(NC2CCCCC2)CCOC(C(C)C)C1. The largest absolute Gasteiger partial charge is 0.468 e. The van der Waals surface area contributed by atoms with Crippen LogP contribution in [-0.2, 0) is 14.3 Å². The van der Waals surface area contributed by atoms with E-state index in [0.29, 0.717) is 18.6 Å². The van der Waals surface area contributed by atoms with E-state index < -0.39 is 5.54 Å². The lowest BCUT2D eigenvalue weighted by Crippen LogP contribution is -2.61. The summed E-state index contributed by atoms with van der Waals surface area (Å²) in [6.07, 6.45) is 7.78. The van der Waals surface area contributed by atoms with Gasteiger partial charge < -0.3 is 9.47 Å². The number of hydrogen-bond donors (Lipinski definition) is 1. The lowest BCUT2D eigenvalue weighted by molar-refractivity contribution is -0.158. The molecule has 0 bridgehead atoms. The first-order chi connectivity index (χ1) is 9.57. The van der Waals surface area contributed by atoms with E-state index >= 15 is 0 Å². The van der Waals surface area contributed by atoms with E-state index in [0.717, 1.165) is 12.8 Å². The number of hydrogen-bond acceptors (Lipinski definition) is 4. The first-order valence-corrected chi connectivity index (χ1v) is 8.05. The quantitative estimate of drug-likeness (QED) is 0.806. The Morgan fingerprint density at radius 2 is 2.00 bits per heavy atom. The van der Waals surface area contributed by atoms with Crippen molar-refractivity contribution in [2.45, 2.75) is 76.5 Å². The predicted molar refractivity (Wildman–Crippen MR) is 78.6 cm³/mol. The smallest absolute Gasteiger partial charge is 0.326 e. The zero-order valence-corrected chi connectivity index (χ0v) is 13.1. The highest BCUT2D eigenvalue weighted by Gasteiger charge is 2.46. The van der Waals surface area contributed by atoms with Crippen molar-refractivity contribution in [1.29, 1.82) is 0 Å². The van der Waals surface area contributed by atoms with Crippen molar-refractivity contribution in [3.05, 3.63) is 0 Å². The third-order valence-electron chi connectivity index (χ3n) is 4.82. The second-order valence-corrected chi connectivity index (χ2v) is 6.66. The first kappa shape index (κ1) is 15.8. The fourth-order valence-electron chi connectivity index (χ4n) is 3.53. The van der Waals surface area contributed by atoms with Gasteiger partial charge in [0.05, 0.1) is 13.2 Å². The lowest BCUT2D eigenvalue weighted by atomic mass is 9.81. The average molecular weight is 283 g/mol. The van der Waals surface area contributed by atoms with Crippen molar-refractivity contribution in [2.24, 2.45) is 5.92 Å². The molecule has 0 amide bonds. The highest BCUT2D eigenvalue weighted by Crippen LogP contribution is 2.32. The van der Waals surface area contributed by atoms with Crippen molar-refractivity contribution in [3.8, 4) is 0 Å². The molecule has 1 N–H and O–H groups in total. The van der Waals surface area contributed by atoms with Gasteiger partial charge in [-0.15, -0.1) is 0 Å². The van der Waals surface area contributed by atoms with Crippen LogP contribution < -0.4 is 5.32 Å². The number of rotatable bonds is 4. The molecular formula is C16H29NO3. The Morgan fingerprint density at radius 3 is 2.60 bits per heavy atom. The molecule has 2 atom stereocenters. The molecule has 2 fully saturated rings. The molecule has 20 heavy (non-hydrogen) atoms. The van der Waals surface area contributed by atoms with Gasteiger partial charge in [0.2, 0.25) is 0 Å². The second-order valence-electron chi connectivity index (χ2n) is 6.66. The Labute approximate surface area is 122 Å². The molecule has 0 radical (unpaired) electrons. The molecule has 2 aliphatic rings. The van der Waals surface area contributed by atoms with Crippen LogP contribution in [0, 0.1) is 5.92 Å². The summed E-state index contributed by atoms with van der Waals surface area (Å²) in [7, 11) is 1.49. The molecule has 116 valence electrons. The van der Waals surface area contributed by atoms with Crippen LogP contribution in [-0.4, -0.2) is 37.4 Å². The summed E-state index contributed by atoms with van der Waals surface area (Å²) < 4.78 is 10.9. The molecule has 2 rings (SSSR count). The van der Waals surface area contributed by atoms with Crippen LogP contribution in [0.4, 0.5) is 0 Å². The van der Waals surface area contributed by atoms with Gasteiger partial charge in [-0.3, -0.25) is 10.1 Å². The summed E-state index contributed by atoms with van der Waals surface area (Å²) in [4.78, 5) is 12.4. The minimum atomic E-state index is -0.538. The second kappa shape index (κ2) is 6.90. The fourth-order valence-corrected chi connectivity index (χ4v) is 3.53. The molecule has 0 spiro atoms. The van der Waals surface area contributed by atoms with Crippen molar-refractivity contribution >= 4 is 5.97 Å². The number of nitrogens with one attached hydrogen (secondary N) is 1. The van der Waals surface area contributed by atoms with Crippen LogP contribution in [0.1, 0.15) is 58.8 Å². The zero-order chi connectivity index (χ0) is 14.6. The lowest BCUT2D eigenvalue weighted by Gasteiger charge is -2.43. The normalized spacial score (nSPS) is 32.3. The van der Waals surface area contributed by atoms with E-state index in [1.54, 1.807) is 0 Å². The predicted octanol–water partition coefficient (Wildman–Crippen LogP) is 2.66. The van der Waals surface area contributed by atoms with Crippen molar-refractivity contribution in [1.82, 2.24) is 5.32 Å². The molecule has 0 aromatic rings. The molecule has 0 aromatic carbocycles. The van der Waals surface area contributed by atoms with Crippen LogP contribution in [0.15, 0.2) is 0 Å². The molecule has 2 unspecified atom stereocenters. The monoisotopic (exact) mass is 283 g/mol. The fraction of sp³-hybridized carbons (Fsp3) is 0.938. The molecule has 1 saturated carbocycles. The van der Waals surface area contributed by atoms with Crippen molar-refractivity contribution < 1.29 is 14.3 Å². The average Bonchev–Trinajstić information content (AvgIpc) is 2.47. The molecule has 4 heteroatoms. The molecule has 1 aliphatic heterocycles. The number of esters is 1. The molecule has 1 saturated heterocycles. The topological polar surface area (TPSA) is 47.6 Å². The van der Waals surface area contributed by atoms with E-state index in [1.165, 1.54) is 39.2 Å². The van der Waals surface area contributed by atoms with Gasteiger partial charge in [0.25, 0.3) is 0 Å². The molecular weight excluding hydrogens is 254 g/mol. The summed E-state index contributed by atoms with van der Waals surface area (Å²) in [5.41, 5.74) is -0.538. The van der Waals surface area contributed by atoms with E-state index in [-0.39, 0.29) is 12.1 Å². The standard InChI is InChI=1S/C16H29NO3/c1-12(2)14-11-16(9-10-20-14,15(18)19-3)17-13-7-5-4-6-8-13/h12-14,17H,4-11H2,1-3H3. The molecule has 1 aliphatic carbocycles. The van der Waals surface area contributed by atoms with Crippen LogP contribution in [0.25, 0.3) is 0 Å². The third kappa shape index (κ3) is 3.53. The van der Waals surface area contributed by atoms with Gasteiger partial charge in [-0.05, 0) is 25.2 Å². The summed E-state index contributed by atoms with van der Waals surface area (Å²) in [6, 6.07) is 0.453. The Kier molecular flexibility index (Phi) is 5.44. The Hall–Kier alpha value is -0.610. The van der Waals surface area contributed by atoms with Crippen LogP contribution in [0.2, 0.25) is 0 Å². The van der Waals surface area contributed by atoms with Gasteiger partial charge in [0.15, 0.2) is 0 Å². The summed E-state index contributed by atoms with van der Waals surface area (Å²) in [5.74, 6) is 0.310. The van der Waals surface area contributed by atoms with E-state index in [1.807, 2.05) is 0 Å². The maximum Gasteiger partial charge on any atom is 0.326 e. The maximum absolute atomic E-state index is 12.4. The zero-order valence-electron chi connectivity index (χ0n) is 13.1. The Bertz CT molecular complexity index is 326. The van der Waals surface area contributed by atoms with Gasteiger partial charge in [-0.1, -0.05) is 33.1 Å². The highest BCUT2D eigenvalue weighted by molar-refractivity contribution is 5.81. The minimum absolute atomic E-state index is 0.114.